The van der Waals surface area contributed by atoms with Crippen LogP contribution in [0.4, 0.5) is 0 Å². The minimum absolute atomic E-state index is 0.678. The van der Waals surface area contributed by atoms with Crippen LogP contribution in [-0.4, -0.2) is 24.0 Å². The second kappa shape index (κ2) is 5.75. The van der Waals surface area contributed by atoms with Gasteiger partial charge in [-0.15, -0.1) is 0 Å². The number of likely N-dealkylation sites (tertiary alicyclic amines) is 1. The van der Waals surface area contributed by atoms with Crippen molar-refractivity contribution in [3.8, 4) is 0 Å². The molecule has 1 aliphatic heterocycles. The number of fused-ring (bicyclic) bond motifs is 1. The fourth-order valence-electron chi connectivity index (χ4n) is 3.58. The molecule has 0 amide bonds. The van der Waals surface area contributed by atoms with E-state index in [-0.39, 0.29) is 0 Å². The number of nitrogens with zero attached hydrogens (tertiary/aromatic N) is 1. The monoisotopic (exact) mass is 253 g/mol. The summed E-state index contributed by atoms with van der Waals surface area (Å²) >= 11 is 0. The first-order valence-electron chi connectivity index (χ1n) is 7.52. The Kier molecular flexibility index (Phi) is 3.84. The summed E-state index contributed by atoms with van der Waals surface area (Å²) in [6, 6.07) is 11.6. The lowest BCUT2D eigenvalue weighted by molar-refractivity contribution is 0.133. The van der Waals surface area contributed by atoms with E-state index in [4.69, 9.17) is 0 Å². The van der Waals surface area contributed by atoms with Crippen LogP contribution in [0.5, 0.6) is 0 Å². The zero-order chi connectivity index (χ0) is 13.1. The fraction of sp³-hybridized carbons (Fsp3) is 0.444. The van der Waals surface area contributed by atoms with E-state index in [2.05, 4.69) is 60.4 Å². The molecule has 0 radical (unpaired) electrons. The molecule has 0 bridgehead atoms. The number of hydrogen-bond acceptors (Lipinski definition) is 1. The van der Waals surface area contributed by atoms with Gasteiger partial charge in [0.25, 0.3) is 0 Å². The van der Waals surface area contributed by atoms with Gasteiger partial charge in [0.05, 0.1) is 0 Å². The molecule has 1 nitrogen and oxygen atoms in total. The van der Waals surface area contributed by atoms with Gasteiger partial charge in [-0.3, -0.25) is 4.90 Å². The van der Waals surface area contributed by atoms with Crippen LogP contribution in [0.1, 0.15) is 25.3 Å². The van der Waals surface area contributed by atoms with Crippen molar-refractivity contribution in [2.75, 3.05) is 13.1 Å². The second-order valence-corrected chi connectivity index (χ2v) is 5.65. The van der Waals surface area contributed by atoms with Gasteiger partial charge in [0.1, 0.15) is 0 Å². The van der Waals surface area contributed by atoms with E-state index >= 15 is 0 Å². The number of allylic oxidation sites excluding steroid dienone is 3. The van der Waals surface area contributed by atoms with Gasteiger partial charge >= 0.3 is 0 Å². The molecule has 1 fully saturated rings. The van der Waals surface area contributed by atoms with Gasteiger partial charge in [-0.1, -0.05) is 61.1 Å². The SMILES string of the molecule is CCN1CCC2=CC=CCC2C1Cc1ccccc1. The maximum absolute atomic E-state index is 2.67. The lowest BCUT2D eigenvalue weighted by Gasteiger charge is -2.43. The Morgan fingerprint density at radius 2 is 2.05 bits per heavy atom. The molecule has 1 aliphatic carbocycles. The van der Waals surface area contributed by atoms with E-state index in [9.17, 15) is 0 Å². The number of rotatable bonds is 3. The van der Waals surface area contributed by atoms with Crippen molar-refractivity contribution >= 4 is 0 Å². The molecule has 1 aromatic carbocycles. The van der Waals surface area contributed by atoms with E-state index in [0.29, 0.717) is 6.04 Å². The molecule has 100 valence electrons. The molecule has 0 N–H and O–H groups in total. The van der Waals surface area contributed by atoms with Gasteiger partial charge in [-0.2, -0.15) is 0 Å². The van der Waals surface area contributed by atoms with Crippen molar-refractivity contribution < 1.29 is 0 Å². The number of benzene rings is 1. The van der Waals surface area contributed by atoms with Crippen LogP contribution >= 0.6 is 0 Å². The summed E-state index contributed by atoms with van der Waals surface area (Å²) in [7, 11) is 0. The lowest BCUT2D eigenvalue weighted by Crippen LogP contribution is -2.47. The minimum Gasteiger partial charge on any atom is -0.299 e. The highest BCUT2D eigenvalue weighted by atomic mass is 15.2. The fourth-order valence-corrected chi connectivity index (χ4v) is 3.58. The number of likely N-dealkylation sites (N-methyl/N-ethyl adjacent to an activating group) is 1. The molecule has 1 heteroatoms. The summed E-state index contributed by atoms with van der Waals surface area (Å²) in [5.74, 6) is 0.735. The Balaban J connectivity index is 1.82. The van der Waals surface area contributed by atoms with Gasteiger partial charge in [-0.25, -0.2) is 0 Å². The van der Waals surface area contributed by atoms with Crippen LogP contribution in [0.15, 0.2) is 54.1 Å². The zero-order valence-corrected chi connectivity index (χ0v) is 11.8. The topological polar surface area (TPSA) is 3.24 Å². The van der Waals surface area contributed by atoms with Crippen LogP contribution in [0.25, 0.3) is 0 Å². The average Bonchev–Trinajstić information content (AvgIpc) is 2.49. The molecule has 2 aliphatic rings. The first kappa shape index (κ1) is 12.7. The quantitative estimate of drug-likeness (QED) is 0.791. The predicted molar refractivity (Wildman–Crippen MR) is 81.1 cm³/mol. The summed E-state index contributed by atoms with van der Waals surface area (Å²) in [6.45, 7) is 4.69. The largest absolute Gasteiger partial charge is 0.299 e. The average molecular weight is 253 g/mol. The van der Waals surface area contributed by atoms with Gasteiger partial charge in [-0.05, 0) is 37.3 Å². The Bertz CT molecular complexity index is 472. The Morgan fingerprint density at radius 3 is 2.84 bits per heavy atom. The summed E-state index contributed by atoms with van der Waals surface area (Å²) < 4.78 is 0. The van der Waals surface area contributed by atoms with E-state index in [0.717, 1.165) is 5.92 Å². The first-order valence-corrected chi connectivity index (χ1v) is 7.52. The van der Waals surface area contributed by atoms with Crippen molar-refractivity contribution in [2.24, 2.45) is 5.92 Å². The summed E-state index contributed by atoms with van der Waals surface area (Å²) in [4.78, 5) is 2.67. The maximum atomic E-state index is 2.67. The van der Waals surface area contributed by atoms with E-state index < -0.39 is 0 Å². The molecule has 1 saturated heterocycles. The van der Waals surface area contributed by atoms with Crippen LogP contribution < -0.4 is 0 Å². The standard InChI is InChI=1S/C18H23N/c1-2-19-13-12-16-10-6-7-11-17(16)18(19)14-15-8-4-3-5-9-15/h3-10,17-18H,2,11-14H2,1H3. The Labute approximate surface area is 116 Å². The van der Waals surface area contributed by atoms with E-state index in [1.165, 1.54) is 37.9 Å². The van der Waals surface area contributed by atoms with Crippen molar-refractivity contribution in [3.63, 3.8) is 0 Å². The third-order valence-electron chi connectivity index (χ3n) is 4.63. The van der Waals surface area contributed by atoms with E-state index in [1.807, 2.05) is 0 Å². The minimum atomic E-state index is 0.678. The van der Waals surface area contributed by atoms with Crippen LogP contribution in [-0.2, 0) is 6.42 Å². The Morgan fingerprint density at radius 1 is 1.21 bits per heavy atom. The van der Waals surface area contributed by atoms with Crippen molar-refractivity contribution in [1.82, 2.24) is 4.90 Å². The molecule has 1 aromatic rings. The van der Waals surface area contributed by atoms with Crippen LogP contribution in [0.3, 0.4) is 0 Å². The zero-order valence-electron chi connectivity index (χ0n) is 11.8. The molecule has 3 rings (SSSR count). The van der Waals surface area contributed by atoms with Crippen LogP contribution in [0.2, 0.25) is 0 Å². The third kappa shape index (κ3) is 2.66. The number of hydrogen-bond donors (Lipinski definition) is 0. The Hall–Kier alpha value is -1.34. The molecular weight excluding hydrogens is 230 g/mol. The lowest BCUT2D eigenvalue weighted by atomic mass is 9.77. The highest BCUT2D eigenvalue weighted by molar-refractivity contribution is 5.26. The molecule has 0 aromatic heterocycles. The van der Waals surface area contributed by atoms with Gasteiger partial charge < -0.3 is 0 Å². The van der Waals surface area contributed by atoms with E-state index in [1.54, 1.807) is 5.57 Å². The molecule has 0 saturated carbocycles. The van der Waals surface area contributed by atoms with Gasteiger partial charge in [0.15, 0.2) is 0 Å². The van der Waals surface area contributed by atoms with Gasteiger partial charge in [0, 0.05) is 12.6 Å². The van der Waals surface area contributed by atoms with Crippen molar-refractivity contribution in [1.29, 1.82) is 0 Å². The summed E-state index contributed by atoms with van der Waals surface area (Å²) in [5, 5.41) is 0. The highest BCUT2D eigenvalue weighted by Crippen LogP contribution is 2.35. The summed E-state index contributed by atoms with van der Waals surface area (Å²) in [6.07, 6.45) is 10.6. The molecule has 2 atom stereocenters. The second-order valence-electron chi connectivity index (χ2n) is 5.65. The number of piperidine rings is 1. The normalized spacial score (nSPS) is 26.9. The summed E-state index contributed by atoms with van der Waals surface area (Å²) in [5.41, 5.74) is 3.15. The maximum Gasteiger partial charge on any atom is 0.0204 e. The van der Waals surface area contributed by atoms with Crippen molar-refractivity contribution in [3.05, 3.63) is 59.7 Å². The van der Waals surface area contributed by atoms with Crippen LogP contribution in [0, 0.1) is 5.92 Å². The first-order chi connectivity index (χ1) is 9.38. The molecule has 1 heterocycles. The highest BCUT2D eigenvalue weighted by Gasteiger charge is 2.33. The van der Waals surface area contributed by atoms with Gasteiger partial charge in [0.2, 0.25) is 0 Å². The smallest absolute Gasteiger partial charge is 0.0204 e. The predicted octanol–water partition coefficient (Wildman–Crippen LogP) is 3.83. The molecule has 2 unspecified atom stereocenters. The molecule has 19 heavy (non-hydrogen) atoms. The molecule has 0 spiro atoms. The third-order valence-corrected chi connectivity index (χ3v) is 4.63. The van der Waals surface area contributed by atoms with Crippen molar-refractivity contribution in [2.45, 2.75) is 32.2 Å². The molecular formula is C18H23N.